The molecule has 4 nitrogen and oxygen atoms in total. The lowest BCUT2D eigenvalue weighted by atomic mass is 9.98. The van der Waals surface area contributed by atoms with E-state index in [1.807, 2.05) is 19.9 Å². The summed E-state index contributed by atoms with van der Waals surface area (Å²) in [5.41, 5.74) is 7.23. The van der Waals surface area contributed by atoms with Gasteiger partial charge in [-0.05, 0) is 45.7 Å². The molecule has 0 radical (unpaired) electrons. The second-order valence-corrected chi connectivity index (χ2v) is 5.32. The molecule has 0 spiro atoms. The molecule has 0 bridgehead atoms. The van der Waals surface area contributed by atoms with Crippen LogP contribution in [0.4, 0.5) is 5.69 Å². The van der Waals surface area contributed by atoms with E-state index in [0.29, 0.717) is 25.3 Å². The number of hydrogen-bond donors (Lipinski definition) is 1. The monoisotopic (exact) mass is 278 g/mol. The van der Waals surface area contributed by atoms with E-state index < -0.39 is 0 Å². The second-order valence-electron chi connectivity index (χ2n) is 5.32. The summed E-state index contributed by atoms with van der Waals surface area (Å²) in [7, 11) is 0. The molecule has 0 aromatic heterocycles. The van der Waals surface area contributed by atoms with Crippen molar-refractivity contribution in [2.45, 2.75) is 45.7 Å². The summed E-state index contributed by atoms with van der Waals surface area (Å²) < 4.78 is 11.3. The summed E-state index contributed by atoms with van der Waals surface area (Å²) >= 11 is 0. The molecule has 2 unspecified atom stereocenters. The molecule has 0 saturated carbocycles. The van der Waals surface area contributed by atoms with Crippen molar-refractivity contribution in [3.63, 3.8) is 0 Å². The van der Waals surface area contributed by atoms with Crippen LogP contribution in [0, 0.1) is 0 Å². The second kappa shape index (κ2) is 6.84. The van der Waals surface area contributed by atoms with Crippen LogP contribution >= 0.6 is 0 Å². The Bertz CT molecular complexity index is 436. The van der Waals surface area contributed by atoms with Gasteiger partial charge in [-0.2, -0.15) is 0 Å². The molecule has 1 saturated heterocycles. The third-order valence-electron chi connectivity index (χ3n) is 3.78. The first-order valence-electron chi connectivity index (χ1n) is 7.57. The van der Waals surface area contributed by atoms with E-state index in [1.54, 1.807) is 0 Å². The number of hydrogen-bond acceptors (Lipinski definition) is 4. The van der Waals surface area contributed by atoms with Crippen molar-refractivity contribution in [3.8, 4) is 11.5 Å². The smallest absolute Gasteiger partial charge is 0.163 e. The maximum atomic E-state index is 6.04. The van der Waals surface area contributed by atoms with Gasteiger partial charge in [0, 0.05) is 30.4 Å². The summed E-state index contributed by atoms with van der Waals surface area (Å²) in [4.78, 5) is 2.40. The van der Waals surface area contributed by atoms with Crippen LogP contribution in [0.5, 0.6) is 11.5 Å². The van der Waals surface area contributed by atoms with Crippen molar-refractivity contribution in [2.24, 2.45) is 5.73 Å². The van der Waals surface area contributed by atoms with E-state index >= 15 is 0 Å². The Labute approximate surface area is 121 Å². The van der Waals surface area contributed by atoms with Gasteiger partial charge in [0.2, 0.25) is 0 Å². The molecule has 112 valence electrons. The van der Waals surface area contributed by atoms with E-state index in [4.69, 9.17) is 15.2 Å². The van der Waals surface area contributed by atoms with Crippen molar-refractivity contribution in [1.29, 1.82) is 0 Å². The van der Waals surface area contributed by atoms with Gasteiger partial charge < -0.3 is 20.1 Å². The van der Waals surface area contributed by atoms with Crippen molar-refractivity contribution in [1.82, 2.24) is 0 Å². The molecular formula is C16H26N2O2. The van der Waals surface area contributed by atoms with Crippen LogP contribution in [0.2, 0.25) is 0 Å². The summed E-state index contributed by atoms with van der Waals surface area (Å²) in [6.45, 7) is 8.50. The lowest BCUT2D eigenvalue weighted by molar-refractivity contribution is 0.287. The van der Waals surface area contributed by atoms with Crippen molar-refractivity contribution >= 4 is 5.69 Å². The number of piperidine rings is 1. The zero-order valence-electron chi connectivity index (χ0n) is 12.8. The maximum absolute atomic E-state index is 6.04. The molecule has 4 heteroatoms. The first-order chi connectivity index (χ1) is 9.65. The zero-order valence-corrected chi connectivity index (χ0v) is 12.8. The van der Waals surface area contributed by atoms with Crippen LogP contribution in [-0.2, 0) is 0 Å². The highest BCUT2D eigenvalue weighted by atomic mass is 16.5. The van der Waals surface area contributed by atoms with Crippen LogP contribution in [0.1, 0.15) is 33.6 Å². The number of anilines is 1. The molecule has 2 N–H and O–H groups in total. The molecule has 1 fully saturated rings. The van der Waals surface area contributed by atoms with Gasteiger partial charge in [0.25, 0.3) is 0 Å². The van der Waals surface area contributed by atoms with Crippen molar-refractivity contribution in [3.05, 3.63) is 18.2 Å². The average Bonchev–Trinajstić information content (AvgIpc) is 2.41. The lowest BCUT2D eigenvalue weighted by Gasteiger charge is -2.38. The summed E-state index contributed by atoms with van der Waals surface area (Å²) in [6, 6.07) is 7.00. The van der Waals surface area contributed by atoms with Crippen LogP contribution < -0.4 is 20.1 Å². The zero-order chi connectivity index (χ0) is 14.5. The third kappa shape index (κ3) is 3.37. The fourth-order valence-electron chi connectivity index (χ4n) is 2.81. The Morgan fingerprint density at radius 1 is 1.20 bits per heavy atom. The first-order valence-corrected chi connectivity index (χ1v) is 7.57. The van der Waals surface area contributed by atoms with Crippen LogP contribution in [0.15, 0.2) is 18.2 Å². The van der Waals surface area contributed by atoms with Crippen LogP contribution in [0.25, 0.3) is 0 Å². The molecule has 2 atom stereocenters. The minimum atomic E-state index is 0.329. The highest BCUT2D eigenvalue weighted by Gasteiger charge is 2.24. The van der Waals surface area contributed by atoms with E-state index in [2.05, 4.69) is 24.0 Å². The molecular weight excluding hydrogens is 252 g/mol. The van der Waals surface area contributed by atoms with Gasteiger partial charge in [0.1, 0.15) is 0 Å². The molecule has 20 heavy (non-hydrogen) atoms. The van der Waals surface area contributed by atoms with Gasteiger partial charge in [-0.1, -0.05) is 0 Å². The number of nitrogens with zero attached hydrogens (tertiary/aromatic N) is 1. The quantitative estimate of drug-likeness (QED) is 0.899. The van der Waals surface area contributed by atoms with Gasteiger partial charge >= 0.3 is 0 Å². The Kier molecular flexibility index (Phi) is 5.12. The number of benzene rings is 1. The van der Waals surface area contributed by atoms with E-state index in [1.165, 1.54) is 5.69 Å². The molecule has 1 aliphatic rings. The Morgan fingerprint density at radius 2 is 1.90 bits per heavy atom. The Morgan fingerprint density at radius 3 is 2.55 bits per heavy atom. The first kappa shape index (κ1) is 15.0. The molecule has 1 aliphatic heterocycles. The fraction of sp³-hybridized carbons (Fsp3) is 0.625. The molecule has 1 aromatic carbocycles. The molecule has 1 heterocycles. The average molecular weight is 278 g/mol. The van der Waals surface area contributed by atoms with E-state index in [-0.39, 0.29) is 0 Å². The maximum Gasteiger partial charge on any atom is 0.163 e. The normalized spacial score (nSPS) is 22.7. The molecule has 0 amide bonds. The third-order valence-corrected chi connectivity index (χ3v) is 3.78. The Balaban J connectivity index is 2.21. The number of rotatable bonds is 5. The molecule has 1 aromatic rings. The summed E-state index contributed by atoms with van der Waals surface area (Å²) in [6.07, 6.45) is 2.08. The van der Waals surface area contributed by atoms with Gasteiger partial charge in [-0.25, -0.2) is 0 Å². The van der Waals surface area contributed by atoms with E-state index in [0.717, 1.165) is 30.9 Å². The number of ether oxygens (including phenoxy) is 2. The lowest BCUT2D eigenvalue weighted by Crippen LogP contribution is -2.45. The predicted molar refractivity (Wildman–Crippen MR) is 82.8 cm³/mol. The van der Waals surface area contributed by atoms with Crippen molar-refractivity contribution < 1.29 is 9.47 Å². The largest absolute Gasteiger partial charge is 0.490 e. The van der Waals surface area contributed by atoms with Crippen LogP contribution in [-0.4, -0.2) is 31.8 Å². The summed E-state index contributed by atoms with van der Waals surface area (Å²) in [5, 5.41) is 0. The number of nitrogens with two attached hydrogens (primary N) is 1. The Hall–Kier alpha value is -1.42. The van der Waals surface area contributed by atoms with Gasteiger partial charge in [-0.3, -0.25) is 0 Å². The highest BCUT2D eigenvalue weighted by molar-refractivity contribution is 5.57. The minimum absolute atomic E-state index is 0.329. The topological polar surface area (TPSA) is 47.7 Å². The predicted octanol–water partition coefficient (Wildman–Crippen LogP) is 2.80. The SMILES string of the molecule is CCOc1ccc(N2CCC(N)CC2C)cc1OCC. The minimum Gasteiger partial charge on any atom is -0.490 e. The standard InChI is InChI=1S/C16H26N2O2/c1-4-19-15-7-6-14(11-16(15)20-5-2)18-9-8-13(17)10-12(18)3/h6-7,11-13H,4-5,8-10,17H2,1-3H3. The van der Waals surface area contributed by atoms with Crippen LogP contribution in [0.3, 0.4) is 0 Å². The summed E-state index contributed by atoms with van der Waals surface area (Å²) in [5.74, 6) is 1.65. The van der Waals surface area contributed by atoms with Gasteiger partial charge in [-0.15, -0.1) is 0 Å². The highest BCUT2D eigenvalue weighted by Crippen LogP contribution is 2.34. The van der Waals surface area contributed by atoms with E-state index in [9.17, 15) is 0 Å². The fourth-order valence-corrected chi connectivity index (χ4v) is 2.81. The molecule has 0 aliphatic carbocycles. The van der Waals surface area contributed by atoms with Gasteiger partial charge in [0.15, 0.2) is 11.5 Å². The molecule has 2 rings (SSSR count). The van der Waals surface area contributed by atoms with Gasteiger partial charge in [0.05, 0.1) is 13.2 Å². The van der Waals surface area contributed by atoms with Crippen molar-refractivity contribution in [2.75, 3.05) is 24.7 Å².